The molecular formula is C20H18N2O5. The summed E-state index contributed by atoms with van der Waals surface area (Å²) < 4.78 is 10.7. The van der Waals surface area contributed by atoms with Crippen LogP contribution in [-0.4, -0.2) is 23.0 Å². The smallest absolute Gasteiger partial charge is 0.340 e. The van der Waals surface area contributed by atoms with Gasteiger partial charge in [-0.2, -0.15) is 0 Å². The Morgan fingerprint density at radius 3 is 2.67 bits per heavy atom. The number of benzene rings is 2. The van der Waals surface area contributed by atoms with E-state index in [-0.39, 0.29) is 5.69 Å². The molecule has 1 atom stereocenters. The van der Waals surface area contributed by atoms with Crippen LogP contribution >= 0.6 is 0 Å². The van der Waals surface area contributed by atoms with Crippen molar-refractivity contribution in [2.45, 2.75) is 20.0 Å². The van der Waals surface area contributed by atoms with E-state index in [2.05, 4.69) is 4.98 Å². The minimum Gasteiger partial charge on any atom is -0.497 e. The first-order valence-corrected chi connectivity index (χ1v) is 8.30. The lowest BCUT2D eigenvalue weighted by atomic mass is 10.1. The number of hydrogen-bond acceptors (Lipinski definition) is 6. The topological polar surface area (TPSA) is 91.6 Å². The molecular weight excluding hydrogens is 348 g/mol. The van der Waals surface area contributed by atoms with Gasteiger partial charge in [-0.1, -0.05) is 12.1 Å². The monoisotopic (exact) mass is 366 g/mol. The molecule has 138 valence electrons. The number of fused-ring (bicyclic) bond motifs is 1. The highest BCUT2D eigenvalue weighted by atomic mass is 16.6. The van der Waals surface area contributed by atoms with Crippen LogP contribution in [0.1, 0.15) is 34.6 Å². The molecule has 0 fully saturated rings. The molecule has 0 saturated heterocycles. The highest BCUT2D eigenvalue weighted by molar-refractivity contribution is 5.95. The number of esters is 1. The lowest BCUT2D eigenvalue weighted by molar-refractivity contribution is -0.385. The molecule has 1 unspecified atom stereocenters. The van der Waals surface area contributed by atoms with Gasteiger partial charge in [-0.15, -0.1) is 0 Å². The number of nitro benzene ring substituents is 1. The van der Waals surface area contributed by atoms with Crippen LogP contribution in [0.5, 0.6) is 5.75 Å². The zero-order valence-corrected chi connectivity index (χ0v) is 15.1. The SMILES string of the molecule is COc1ccc2cc(C(=O)OC(C)c3cccc([N+](=O)[O-])c3)c(C)nc2c1. The Morgan fingerprint density at radius 2 is 1.96 bits per heavy atom. The summed E-state index contributed by atoms with van der Waals surface area (Å²) in [6, 6.07) is 13.2. The van der Waals surface area contributed by atoms with Crippen molar-refractivity contribution in [3.8, 4) is 5.75 Å². The van der Waals surface area contributed by atoms with Gasteiger partial charge in [-0.05, 0) is 37.6 Å². The first kappa shape index (κ1) is 18.3. The summed E-state index contributed by atoms with van der Waals surface area (Å²) >= 11 is 0. The van der Waals surface area contributed by atoms with Crippen LogP contribution in [0.15, 0.2) is 48.5 Å². The van der Waals surface area contributed by atoms with Gasteiger partial charge in [0.2, 0.25) is 0 Å². The van der Waals surface area contributed by atoms with E-state index in [4.69, 9.17) is 9.47 Å². The van der Waals surface area contributed by atoms with Gasteiger partial charge in [0.25, 0.3) is 5.69 Å². The van der Waals surface area contributed by atoms with Crippen molar-refractivity contribution >= 4 is 22.6 Å². The number of carbonyl (C=O) groups is 1. The van der Waals surface area contributed by atoms with Crippen LogP contribution in [0, 0.1) is 17.0 Å². The number of pyridine rings is 1. The van der Waals surface area contributed by atoms with E-state index in [1.807, 2.05) is 6.07 Å². The van der Waals surface area contributed by atoms with Crippen LogP contribution in [0.25, 0.3) is 10.9 Å². The number of nitrogens with zero attached hydrogens (tertiary/aromatic N) is 2. The minimum atomic E-state index is -0.636. The summed E-state index contributed by atoms with van der Waals surface area (Å²) in [5.74, 6) is 0.153. The van der Waals surface area contributed by atoms with E-state index in [1.165, 1.54) is 12.1 Å². The Hall–Kier alpha value is -3.48. The van der Waals surface area contributed by atoms with Gasteiger partial charge in [0.1, 0.15) is 11.9 Å². The molecule has 27 heavy (non-hydrogen) atoms. The van der Waals surface area contributed by atoms with Crippen molar-refractivity contribution in [1.29, 1.82) is 0 Å². The first-order chi connectivity index (χ1) is 12.9. The lowest BCUT2D eigenvalue weighted by Gasteiger charge is -2.15. The molecule has 0 bridgehead atoms. The average Bonchev–Trinajstić information content (AvgIpc) is 2.66. The first-order valence-electron chi connectivity index (χ1n) is 8.30. The molecule has 3 aromatic rings. The van der Waals surface area contributed by atoms with E-state index in [1.54, 1.807) is 51.3 Å². The van der Waals surface area contributed by atoms with Crippen molar-refractivity contribution in [2.24, 2.45) is 0 Å². The highest BCUT2D eigenvalue weighted by Crippen LogP contribution is 2.25. The summed E-state index contributed by atoms with van der Waals surface area (Å²) in [4.78, 5) is 27.5. The summed E-state index contributed by atoms with van der Waals surface area (Å²) in [6.07, 6.45) is -0.636. The number of aromatic nitrogens is 1. The quantitative estimate of drug-likeness (QED) is 0.378. The van der Waals surface area contributed by atoms with Gasteiger partial charge < -0.3 is 9.47 Å². The molecule has 7 nitrogen and oxygen atoms in total. The standard InChI is InChI=1S/C20H18N2O5/c1-12-18(10-15-7-8-17(26-3)11-19(15)21-12)20(23)27-13(2)14-5-4-6-16(9-14)22(24)25/h4-11,13H,1-3H3. The molecule has 2 aromatic carbocycles. The number of ether oxygens (including phenoxy) is 2. The number of methoxy groups -OCH3 is 1. The maximum absolute atomic E-state index is 12.6. The molecule has 0 N–H and O–H groups in total. The number of rotatable bonds is 5. The van der Waals surface area contributed by atoms with E-state index < -0.39 is 17.0 Å². The van der Waals surface area contributed by atoms with Gasteiger partial charge >= 0.3 is 5.97 Å². The predicted molar refractivity (Wildman–Crippen MR) is 100.0 cm³/mol. The molecule has 0 radical (unpaired) electrons. The third-order valence-electron chi connectivity index (χ3n) is 4.27. The second-order valence-corrected chi connectivity index (χ2v) is 6.08. The van der Waals surface area contributed by atoms with Gasteiger partial charge in [0, 0.05) is 23.6 Å². The number of nitro groups is 1. The largest absolute Gasteiger partial charge is 0.497 e. The summed E-state index contributed by atoms with van der Waals surface area (Å²) in [7, 11) is 1.58. The molecule has 0 aliphatic rings. The van der Waals surface area contributed by atoms with Crippen molar-refractivity contribution < 1.29 is 19.2 Å². The summed E-state index contributed by atoms with van der Waals surface area (Å²) in [6.45, 7) is 3.40. The van der Waals surface area contributed by atoms with Crippen LogP contribution in [0.4, 0.5) is 5.69 Å². The fourth-order valence-electron chi connectivity index (χ4n) is 2.76. The predicted octanol–water partition coefficient (Wildman–Crippen LogP) is 4.38. The zero-order chi connectivity index (χ0) is 19.6. The van der Waals surface area contributed by atoms with Crippen molar-refractivity contribution in [1.82, 2.24) is 4.98 Å². The van der Waals surface area contributed by atoms with Gasteiger partial charge in [0.15, 0.2) is 0 Å². The molecule has 1 aromatic heterocycles. The van der Waals surface area contributed by atoms with E-state index in [0.29, 0.717) is 22.6 Å². The third kappa shape index (κ3) is 3.87. The van der Waals surface area contributed by atoms with Crippen LogP contribution in [0.3, 0.4) is 0 Å². The number of non-ortho nitro benzene ring substituents is 1. The molecule has 7 heteroatoms. The third-order valence-corrected chi connectivity index (χ3v) is 4.27. The minimum absolute atomic E-state index is 0.0482. The van der Waals surface area contributed by atoms with Crippen molar-refractivity contribution in [3.05, 3.63) is 75.5 Å². The highest BCUT2D eigenvalue weighted by Gasteiger charge is 2.19. The molecule has 0 amide bonds. The molecule has 3 rings (SSSR count). The second-order valence-electron chi connectivity index (χ2n) is 6.08. The molecule has 0 saturated carbocycles. The summed E-state index contributed by atoms with van der Waals surface area (Å²) in [5.41, 5.74) is 2.11. The Balaban J connectivity index is 1.86. The maximum Gasteiger partial charge on any atom is 0.340 e. The fourth-order valence-corrected chi connectivity index (χ4v) is 2.76. The number of carbonyl (C=O) groups excluding carboxylic acids is 1. The van der Waals surface area contributed by atoms with E-state index in [0.717, 1.165) is 10.9 Å². The molecule has 1 heterocycles. The fraction of sp³-hybridized carbons (Fsp3) is 0.200. The number of hydrogen-bond donors (Lipinski definition) is 0. The lowest BCUT2D eigenvalue weighted by Crippen LogP contribution is -2.11. The van der Waals surface area contributed by atoms with Gasteiger partial charge in [0.05, 0.1) is 28.8 Å². The zero-order valence-electron chi connectivity index (χ0n) is 15.1. The summed E-state index contributed by atoms with van der Waals surface area (Å²) in [5, 5.41) is 11.7. The van der Waals surface area contributed by atoms with Crippen LogP contribution in [0.2, 0.25) is 0 Å². The van der Waals surface area contributed by atoms with Crippen molar-refractivity contribution in [3.63, 3.8) is 0 Å². The normalized spacial score (nSPS) is 11.8. The maximum atomic E-state index is 12.6. The Bertz CT molecular complexity index is 1030. The van der Waals surface area contributed by atoms with Gasteiger partial charge in [-0.25, -0.2) is 4.79 Å². The Kier molecular flexibility index (Phi) is 5.03. The van der Waals surface area contributed by atoms with Crippen molar-refractivity contribution in [2.75, 3.05) is 7.11 Å². The van der Waals surface area contributed by atoms with Crippen LogP contribution < -0.4 is 4.74 Å². The average molecular weight is 366 g/mol. The Morgan fingerprint density at radius 1 is 1.19 bits per heavy atom. The number of aryl methyl sites for hydroxylation is 1. The van der Waals surface area contributed by atoms with E-state index >= 15 is 0 Å². The second kappa shape index (κ2) is 7.41. The molecule has 0 aliphatic carbocycles. The Labute approximate surface area is 155 Å². The molecule has 0 aliphatic heterocycles. The van der Waals surface area contributed by atoms with Gasteiger partial charge in [-0.3, -0.25) is 15.1 Å². The molecule has 0 spiro atoms. The van der Waals surface area contributed by atoms with Crippen LogP contribution in [-0.2, 0) is 4.74 Å². The van der Waals surface area contributed by atoms with E-state index in [9.17, 15) is 14.9 Å².